The highest BCUT2D eigenvalue weighted by Gasteiger charge is 2.22. The van der Waals surface area contributed by atoms with Gasteiger partial charge < -0.3 is 14.4 Å². The van der Waals surface area contributed by atoms with E-state index < -0.39 is 16.0 Å². The second-order valence-electron chi connectivity index (χ2n) is 5.07. The number of nitrogens with zero attached hydrogens (tertiary/aromatic N) is 1. The van der Waals surface area contributed by atoms with Crippen LogP contribution in [0.2, 0.25) is 0 Å². The zero-order chi connectivity index (χ0) is 15.5. The predicted molar refractivity (Wildman–Crippen MR) is 75.8 cm³/mol. The van der Waals surface area contributed by atoms with E-state index in [1.54, 1.807) is 6.92 Å². The molecule has 1 fully saturated rings. The van der Waals surface area contributed by atoms with Gasteiger partial charge in [-0.1, -0.05) is 0 Å². The predicted octanol–water partition coefficient (Wildman–Crippen LogP) is 0.911. The molecule has 2 heterocycles. The summed E-state index contributed by atoms with van der Waals surface area (Å²) in [7, 11) is -3.67. The van der Waals surface area contributed by atoms with Crippen LogP contribution in [0, 0.1) is 5.92 Å². The second-order valence-corrected chi connectivity index (χ2v) is 6.84. The lowest BCUT2D eigenvalue weighted by atomic mass is 10.1. The summed E-state index contributed by atoms with van der Waals surface area (Å²) in [5.41, 5.74) is -0.0259. The third-order valence-electron chi connectivity index (χ3n) is 3.61. The maximum atomic E-state index is 12.2. The molecule has 1 aliphatic heterocycles. The molecule has 21 heavy (non-hydrogen) atoms. The maximum Gasteiger partial charge on any atom is 0.352 e. The Morgan fingerprint density at radius 2 is 2.33 bits per heavy atom. The zero-order valence-electron chi connectivity index (χ0n) is 11.9. The molecule has 7 nitrogen and oxygen atoms in total. The molecule has 2 rings (SSSR count). The molecule has 8 heteroatoms. The summed E-state index contributed by atoms with van der Waals surface area (Å²) >= 11 is 0. The minimum Gasteiger partial charge on any atom is -0.477 e. The lowest BCUT2D eigenvalue weighted by Crippen LogP contribution is -2.26. The van der Waals surface area contributed by atoms with Crippen molar-refractivity contribution in [1.82, 2.24) is 9.29 Å². The number of ether oxygens (including phenoxy) is 1. The molecule has 0 spiro atoms. The standard InChI is InChI=1S/C13H20N2O5S/c1-2-15-8-11(7-12(15)13(16)17)21(18,19)14-5-3-10-4-6-20-9-10/h7-8,10,14H,2-6,9H2,1H3,(H,16,17). The van der Waals surface area contributed by atoms with Gasteiger partial charge in [0.15, 0.2) is 0 Å². The maximum absolute atomic E-state index is 12.2. The quantitative estimate of drug-likeness (QED) is 0.779. The molecule has 1 aliphatic rings. The monoisotopic (exact) mass is 316 g/mol. The highest BCUT2D eigenvalue weighted by atomic mass is 32.2. The molecule has 1 atom stereocenters. The number of rotatable bonds is 7. The van der Waals surface area contributed by atoms with Crippen LogP contribution in [-0.4, -0.2) is 43.8 Å². The van der Waals surface area contributed by atoms with Crippen LogP contribution in [0.1, 0.15) is 30.3 Å². The number of hydrogen-bond acceptors (Lipinski definition) is 4. The zero-order valence-corrected chi connectivity index (χ0v) is 12.7. The molecule has 0 saturated carbocycles. The fraction of sp³-hybridized carbons (Fsp3) is 0.615. The van der Waals surface area contributed by atoms with E-state index in [1.807, 2.05) is 0 Å². The Hall–Kier alpha value is -1.38. The number of aromatic carboxylic acids is 1. The highest BCUT2D eigenvalue weighted by Crippen LogP contribution is 2.17. The van der Waals surface area contributed by atoms with Crippen LogP contribution < -0.4 is 4.72 Å². The first-order valence-electron chi connectivity index (χ1n) is 6.95. The van der Waals surface area contributed by atoms with E-state index in [0.717, 1.165) is 19.4 Å². The van der Waals surface area contributed by atoms with Gasteiger partial charge in [0.25, 0.3) is 0 Å². The average molecular weight is 316 g/mol. The molecule has 1 saturated heterocycles. The number of hydrogen-bond donors (Lipinski definition) is 2. The van der Waals surface area contributed by atoms with Crippen molar-refractivity contribution in [2.75, 3.05) is 19.8 Å². The summed E-state index contributed by atoms with van der Waals surface area (Å²) in [6.07, 6.45) is 3.03. The van der Waals surface area contributed by atoms with Crippen LogP contribution in [0.15, 0.2) is 17.2 Å². The summed E-state index contributed by atoms with van der Waals surface area (Å²) < 4.78 is 33.5. The third-order valence-corrected chi connectivity index (χ3v) is 5.04. The Morgan fingerprint density at radius 3 is 2.86 bits per heavy atom. The molecule has 0 aliphatic carbocycles. The lowest BCUT2D eigenvalue weighted by Gasteiger charge is -2.08. The fourth-order valence-electron chi connectivity index (χ4n) is 2.36. The topological polar surface area (TPSA) is 97.6 Å². The highest BCUT2D eigenvalue weighted by molar-refractivity contribution is 7.89. The van der Waals surface area contributed by atoms with Gasteiger partial charge >= 0.3 is 5.97 Å². The van der Waals surface area contributed by atoms with E-state index in [0.29, 0.717) is 25.6 Å². The lowest BCUT2D eigenvalue weighted by molar-refractivity contribution is 0.0685. The van der Waals surface area contributed by atoms with Crippen LogP contribution >= 0.6 is 0 Å². The Morgan fingerprint density at radius 1 is 1.57 bits per heavy atom. The largest absolute Gasteiger partial charge is 0.477 e. The molecule has 1 unspecified atom stereocenters. The summed E-state index contributed by atoms with van der Waals surface area (Å²) in [4.78, 5) is 11.0. The van der Waals surface area contributed by atoms with Crippen LogP contribution in [0.25, 0.3) is 0 Å². The first-order chi connectivity index (χ1) is 9.94. The van der Waals surface area contributed by atoms with E-state index in [9.17, 15) is 13.2 Å². The minimum absolute atomic E-state index is 0.00979. The second kappa shape index (κ2) is 6.59. The summed E-state index contributed by atoms with van der Waals surface area (Å²) in [5.74, 6) is -0.746. The number of carboxylic acids is 1. The minimum atomic E-state index is -3.67. The number of nitrogens with one attached hydrogen (secondary N) is 1. The van der Waals surface area contributed by atoms with Gasteiger partial charge in [0.2, 0.25) is 10.0 Å². The van der Waals surface area contributed by atoms with Gasteiger partial charge in [-0.3, -0.25) is 0 Å². The number of carbonyl (C=O) groups is 1. The van der Waals surface area contributed by atoms with E-state index >= 15 is 0 Å². The van der Waals surface area contributed by atoms with Gasteiger partial charge in [0.1, 0.15) is 10.6 Å². The van der Waals surface area contributed by atoms with Gasteiger partial charge in [-0.25, -0.2) is 17.9 Å². The van der Waals surface area contributed by atoms with Crippen LogP contribution in [0.4, 0.5) is 0 Å². The Kier molecular flexibility index (Phi) is 5.02. The number of carboxylic acid groups (broad SMARTS) is 1. The number of sulfonamides is 1. The average Bonchev–Trinajstić information content (AvgIpc) is 3.07. The van der Waals surface area contributed by atoms with Crippen molar-refractivity contribution in [1.29, 1.82) is 0 Å². The molecule has 0 amide bonds. The van der Waals surface area contributed by atoms with Crippen molar-refractivity contribution < 1.29 is 23.1 Å². The molecule has 0 aromatic carbocycles. The molecule has 118 valence electrons. The van der Waals surface area contributed by atoms with E-state index in [-0.39, 0.29) is 10.6 Å². The van der Waals surface area contributed by atoms with Gasteiger partial charge in [-0.15, -0.1) is 0 Å². The molecular weight excluding hydrogens is 296 g/mol. The van der Waals surface area contributed by atoms with E-state index in [1.165, 1.54) is 16.8 Å². The first-order valence-corrected chi connectivity index (χ1v) is 8.43. The Balaban J connectivity index is 2.03. The van der Waals surface area contributed by atoms with Gasteiger partial charge in [0, 0.05) is 32.5 Å². The van der Waals surface area contributed by atoms with Crippen molar-refractivity contribution >= 4 is 16.0 Å². The van der Waals surface area contributed by atoms with Crippen molar-refractivity contribution in [3.8, 4) is 0 Å². The number of aromatic nitrogens is 1. The first kappa shape index (κ1) is 16.0. The summed E-state index contributed by atoms with van der Waals surface area (Å²) in [6.45, 7) is 3.90. The Labute approximate surface area is 124 Å². The summed E-state index contributed by atoms with van der Waals surface area (Å²) in [5, 5.41) is 9.05. The molecular formula is C13H20N2O5S. The molecule has 2 N–H and O–H groups in total. The third kappa shape index (κ3) is 3.84. The van der Waals surface area contributed by atoms with E-state index in [2.05, 4.69) is 4.72 Å². The normalized spacial score (nSPS) is 19.0. The number of aryl methyl sites for hydroxylation is 1. The van der Waals surface area contributed by atoms with Crippen LogP contribution in [0.5, 0.6) is 0 Å². The van der Waals surface area contributed by atoms with Gasteiger partial charge in [-0.05, 0) is 31.7 Å². The van der Waals surface area contributed by atoms with E-state index in [4.69, 9.17) is 9.84 Å². The van der Waals surface area contributed by atoms with Crippen molar-refractivity contribution in [3.63, 3.8) is 0 Å². The molecule has 1 aromatic heterocycles. The Bertz CT molecular complexity index is 602. The smallest absolute Gasteiger partial charge is 0.352 e. The van der Waals surface area contributed by atoms with Crippen molar-refractivity contribution in [3.05, 3.63) is 18.0 Å². The SMILES string of the molecule is CCn1cc(S(=O)(=O)NCCC2CCOC2)cc1C(=O)O. The fourth-order valence-corrected chi connectivity index (χ4v) is 3.45. The van der Waals surface area contributed by atoms with Crippen molar-refractivity contribution in [2.24, 2.45) is 5.92 Å². The molecule has 0 bridgehead atoms. The van der Waals surface area contributed by atoms with Gasteiger partial charge in [0.05, 0.1) is 0 Å². The molecule has 0 radical (unpaired) electrons. The van der Waals surface area contributed by atoms with Gasteiger partial charge in [-0.2, -0.15) is 0 Å². The van der Waals surface area contributed by atoms with Crippen molar-refractivity contribution in [2.45, 2.75) is 31.2 Å². The van der Waals surface area contributed by atoms with Crippen LogP contribution in [0.3, 0.4) is 0 Å². The van der Waals surface area contributed by atoms with Crippen LogP contribution in [-0.2, 0) is 21.3 Å². The molecule has 1 aromatic rings. The summed E-state index contributed by atoms with van der Waals surface area (Å²) in [6, 6.07) is 1.19.